The molecule has 2 heteroatoms. The van der Waals surface area contributed by atoms with Gasteiger partial charge in [0.15, 0.2) is 0 Å². The fourth-order valence-electron chi connectivity index (χ4n) is 1.57. The van der Waals surface area contributed by atoms with Gasteiger partial charge in [-0.15, -0.1) is 6.58 Å². The molecule has 1 N–H and O–H groups in total. The van der Waals surface area contributed by atoms with Gasteiger partial charge in [0.05, 0.1) is 6.07 Å². The zero-order valence-electron chi connectivity index (χ0n) is 8.77. The van der Waals surface area contributed by atoms with E-state index in [1.54, 1.807) is 6.08 Å². The largest absolute Gasteiger partial charge is 0.296 e. The smallest absolute Gasteiger partial charge is 0.106 e. The Kier molecular flexibility index (Phi) is 6.26. The standard InChI is InChI=1S/C11H20N2/c1-4-7-11(10-12,8-5-2)13-9-6-3/h6,13H,3-5,7-9H2,1-2H3. The van der Waals surface area contributed by atoms with Gasteiger partial charge < -0.3 is 0 Å². The number of hydrogen-bond acceptors (Lipinski definition) is 2. The SMILES string of the molecule is C=CCNC(C#N)(CCC)CCC. The van der Waals surface area contributed by atoms with Gasteiger partial charge in [-0.3, -0.25) is 5.32 Å². The van der Waals surface area contributed by atoms with Crippen molar-refractivity contribution in [3.05, 3.63) is 12.7 Å². The second kappa shape index (κ2) is 6.68. The van der Waals surface area contributed by atoms with Crippen molar-refractivity contribution in [1.82, 2.24) is 5.32 Å². The van der Waals surface area contributed by atoms with E-state index in [2.05, 4.69) is 31.8 Å². The minimum absolute atomic E-state index is 0.322. The average molecular weight is 180 g/mol. The highest BCUT2D eigenvalue weighted by Gasteiger charge is 2.26. The molecule has 0 rings (SSSR count). The van der Waals surface area contributed by atoms with Crippen molar-refractivity contribution in [2.75, 3.05) is 6.54 Å². The summed E-state index contributed by atoms with van der Waals surface area (Å²) < 4.78 is 0. The van der Waals surface area contributed by atoms with E-state index in [1.165, 1.54) is 0 Å². The molecule has 0 spiro atoms. The third-order valence-corrected chi connectivity index (χ3v) is 2.15. The van der Waals surface area contributed by atoms with Crippen LogP contribution in [0.4, 0.5) is 0 Å². The van der Waals surface area contributed by atoms with Crippen LogP contribution in [0.25, 0.3) is 0 Å². The Bertz CT molecular complexity index is 173. The van der Waals surface area contributed by atoms with Gasteiger partial charge in [-0.1, -0.05) is 32.8 Å². The minimum Gasteiger partial charge on any atom is -0.296 e. The number of hydrogen-bond donors (Lipinski definition) is 1. The number of nitrogens with one attached hydrogen (secondary N) is 1. The fourth-order valence-corrected chi connectivity index (χ4v) is 1.57. The third kappa shape index (κ3) is 4.10. The van der Waals surface area contributed by atoms with E-state index in [-0.39, 0.29) is 5.54 Å². The number of nitrogens with zero attached hydrogens (tertiary/aromatic N) is 1. The molecule has 0 fully saturated rings. The Morgan fingerprint density at radius 3 is 2.23 bits per heavy atom. The van der Waals surface area contributed by atoms with Gasteiger partial charge in [-0.25, -0.2) is 0 Å². The Hall–Kier alpha value is -0.810. The summed E-state index contributed by atoms with van der Waals surface area (Å²) in [6, 6.07) is 2.39. The lowest BCUT2D eigenvalue weighted by Gasteiger charge is -2.26. The summed E-state index contributed by atoms with van der Waals surface area (Å²) in [4.78, 5) is 0. The summed E-state index contributed by atoms with van der Waals surface area (Å²) in [5, 5.41) is 12.4. The highest BCUT2D eigenvalue weighted by atomic mass is 15.0. The van der Waals surface area contributed by atoms with Crippen LogP contribution in [0.3, 0.4) is 0 Å². The number of nitriles is 1. The molecule has 74 valence electrons. The van der Waals surface area contributed by atoms with E-state index < -0.39 is 0 Å². The van der Waals surface area contributed by atoms with E-state index >= 15 is 0 Å². The molecule has 0 aromatic carbocycles. The molecule has 0 saturated heterocycles. The van der Waals surface area contributed by atoms with Crippen molar-refractivity contribution in [3.8, 4) is 6.07 Å². The predicted molar refractivity (Wildman–Crippen MR) is 56.4 cm³/mol. The summed E-state index contributed by atoms with van der Waals surface area (Å²) in [7, 11) is 0. The third-order valence-electron chi connectivity index (χ3n) is 2.15. The van der Waals surface area contributed by atoms with Crippen LogP contribution in [0.5, 0.6) is 0 Å². The lowest BCUT2D eigenvalue weighted by atomic mass is 9.90. The van der Waals surface area contributed by atoms with Crippen LogP contribution in [0.15, 0.2) is 12.7 Å². The van der Waals surface area contributed by atoms with Crippen molar-refractivity contribution in [1.29, 1.82) is 5.26 Å². The maximum absolute atomic E-state index is 9.12. The molecule has 0 amide bonds. The summed E-state index contributed by atoms with van der Waals surface area (Å²) in [5.41, 5.74) is -0.322. The second-order valence-corrected chi connectivity index (χ2v) is 3.36. The van der Waals surface area contributed by atoms with E-state index in [0.29, 0.717) is 6.54 Å². The summed E-state index contributed by atoms with van der Waals surface area (Å²) in [6.45, 7) is 8.58. The molecule has 0 radical (unpaired) electrons. The summed E-state index contributed by atoms with van der Waals surface area (Å²) in [6.07, 6.45) is 5.73. The van der Waals surface area contributed by atoms with Gasteiger partial charge in [0.1, 0.15) is 5.54 Å². The van der Waals surface area contributed by atoms with Crippen LogP contribution in [-0.2, 0) is 0 Å². The molecule has 0 aliphatic heterocycles. The molecule has 0 atom stereocenters. The first kappa shape index (κ1) is 12.2. The van der Waals surface area contributed by atoms with Crippen LogP contribution in [0.1, 0.15) is 39.5 Å². The Morgan fingerprint density at radius 1 is 1.38 bits per heavy atom. The lowest BCUT2D eigenvalue weighted by Crippen LogP contribution is -2.43. The Morgan fingerprint density at radius 2 is 1.92 bits per heavy atom. The molecule has 13 heavy (non-hydrogen) atoms. The lowest BCUT2D eigenvalue weighted by molar-refractivity contribution is 0.368. The molecule has 0 aromatic heterocycles. The first-order valence-electron chi connectivity index (χ1n) is 5.01. The van der Waals surface area contributed by atoms with Crippen LogP contribution in [-0.4, -0.2) is 12.1 Å². The van der Waals surface area contributed by atoms with Crippen LogP contribution < -0.4 is 5.32 Å². The fraction of sp³-hybridized carbons (Fsp3) is 0.727. The average Bonchev–Trinajstić information content (AvgIpc) is 2.15. The Labute approximate surface area is 81.6 Å². The first-order chi connectivity index (χ1) is 6.24. The normalized spacial score (nSPS) is 10.8. The van der Waals surface area contributed by atoms with Gasteiger partial charge in [0.2, 0.25) is 0 Å². The molecule has 0 heterocycles. The summed E-state index contributed by atoms with van der Waals surface area (Å²) >= 11 is 0. The molecular formula is C11H20N2. The highest BCUT2D eigenvalue weighted by molar-refractivity contribution is 5.07. The quantitative estimate of drug-likeness (QED) is 0.611. The molecule has 0 unspecified atom stereocenters. The van der Waals surface area contributed by atoms with Crippen molar-refractivity contribution >= 4 is 0 Å². The molecule has 0 aliphatic rings. The molecule has 0 saturated carbocycles. The molecular weight excluding hydrogens is 160 g/mol. The molecule has 0 aliphatic carbocycles. The van der Waals surface area contributed by atoms with Crippen LogP contribution in [0, 0.1) is 11.3 Å². The summed E-state index contributed by atoms with van der Waals surface area (Å²) in [5.74, 6) is 0. The first-order valence-corrected chi connectivity index (χ1v) is 5.01. The van der Waals surface area contributed by atoms with Crippen molar-refractivity contribution < 1.29 is 0 Å². The van der Waals surface area contributed by atoms with Gasteiger partial charge in [0.25, 0.3) is 0 Å². The minimum atomic E-state index is -0.322. The monoisotopic (exact) mass is 180 g/mol. The highest BCUT2D eigenvalue weighted by Crippen LogP contribution is 2.18. The maximum Gasteiger partial charge on any atom is 0.106 e. The van der Waals surface area contributed by atoms with Crippen molar-refractivity contribution in [3.63, 3.8) is 0 Å². The maximum atomic E-state index is 9.12. The zero-order valence-corrected chi connectivity index (χ0v) is 8.77. The van der Waals surface area contributed by atoms with Gasteiger partial charge in [-0.2, -0.15) is 5.26 Å². The number of rotatable bonds is 7. The van der Waals surface area contributed by atoms with E-state index in [4.69, 9.17) is 5.26 Å². The van der Waals surface area contributed by atoms with Crippen molar-refractivity contribution in [2.24, 2.45) is 0 Å². The zero-order chi connectivity index (χ0) is 10.2. The second-order valence-electron chi connectivity index (χ2n) is 3.36. The molecule has 0 aromatic rings. The van der Waals surface area contributed by atoms with E-state index in [0.717, 1.165) is 25.7 Å². The predicted octanol–water partition coefficient (Wildman–Crippen LogP) is 2.62. The topological polar surface area (TPSA) is 35.8 Å². The van der Waals surface area contributed by atoms with Crippen LogP contribution >= 0.6 is 0 Å². The van der Waals surface area contributed by atoms with Crippen molar-refractivity contribution in [2.45, 2.75) is 45.1 Å². The van der Waals surface area contributed by atoms with Crippen LogP contribution in [0.2, 0.25) is 0 Å². The molecule has 0 bridgehead atoms. The van der Waals surface area contributed by atoms with Gasteiger partial charge in [0, 0.05) is 6.54 Å². The molecule has 2 nitrogen and oxygen atoms in total. The van der Waals surface area contributed by atoms with E-state index in [1.807, 2.05) is 0 Å². The Balaban J connectivity index is 4.26. The van der Waals surface area contributed by atoms with Gasteiger partial charge >= 0.3 is 0 Å². The van der Waals surface area contributed by atoms with E-state index in [9.17, 15) is 0 Å². The van der Waals surface area contributed by atoms with Gasteiger partial charge in [-0.05, 0) is 12.8 Å².